The molecule has 34 heavy (non-hydrogen) atoms. The molecule has 1 fully saturated rings. The van der Waals surface area contributed by atoms with Crippen LogP contribution in [0.5, 0.6) is 11.5 Å². The molecule has 2 aliphatic rings. The Morgan fingerprint density at radius 1 is 1.12 bits per heavy atom. The molecule has 4 rings (SSSR count). The van der Waals surface area contributed by atoms with Crippen molar-refractivity contribution >= 4 is 5.91 Å². The number of hydrogen-bond donors (Lipinski definition) is 0. The Kier molecular flexibility index (Phi) is 6.30. The van der Waals surface area contributed by atoms with Gasteiger partial charge in [0.1, 0.15) is 11.9 Å². The molecule has 3 heterocycles. The smallest absolute Gasteiger partial charge is 0.431 e. The van der Waals surface area contributed by atoms with Crippen molar-refractivity contribution in [1.29, 1.82) is 0 Å². The molecule has 1 spiro atoms. The lowest BCUT2D eigenvalue weighted by Crippen LogP contribution is -2.63. The summed E-state index contributed by atoms with van der Waals surface area (Å²) in [5.74, 6) is 0.533. The number of alkyl halides is 4. The second kappa shape index (κ2) is 8.79. The summed E-state index contributed by atoms with van der Waals surface area (Å²) < 4.78 is 68.5. The first kappa shape index (κ1) is 24.4. The van der Waals surface area contributed by atoms with Gasteiger partial charge in [0.05, 0.1) is 25.3 Å². The fraction of sp³-hybridized carbons (Fsp3) is 0.542. The number of piperidine rings is 1. The third kappa shape index (κ3) is 4.01. The number of fused-ring (bicyclic) bond motifs is 2. The van der Waals surface area contributed by atoms with Gasteiger partial charge in [-0.05, 0) is 57.6 Å². The van der Waals surface area contributed by atoms with Gasteiger partial charge in [0, 0.05) is 30.9 Å². The Hall–Kier alpha value is -2.75. The van der Waals surface area contributed by atoms with Crippen LogP contribution in [-0.2, 0) is 18.3 Å². The molecule has 2 atom stereocenters. The van der Waals surface area contributed by atoms with E-state index >= 15 is 4.39 Å². The van der Waals surface area contributed by atoms with Crippen LogP contribution in [-0.4, -0.2) is 66.3 Å². The van der Waals surface area contributed by atoms with Crippen LogP contribution in [0, 0.1) is 0 Å². The van der Waals surface area contributed by atoms with Gasteiger partial charge < -0.3 is 18.9 Å². The topological polar surface area (TPSA) is 46.9 Å². The standard InChI is InChI=1S/C24H29F4N3O3/c1-15(2)34-17-6-5-16(13-18(17)33-4)22(32)30-10-9-23(19(25)14-30)20-7-8-21(24(26,27)28)31(20)12-11-29(23)3/h5-8,13,15,19H,9-12,14H2,1-4H3/t19-,23-/m1/s1. The van der Waals surface area contributed by atoms with E-state index in [1.807, 2.05) is 13.8 Å². The molecule has 1 aromatic heterocycles. The number of aromatic nitrogens is 1. The molecular weight excluding hydrogens is 454 g/mol. The highest BCUT2D eigenvalue weighted by molar-refractivity contribution is 5.95. The largest absolute Gasteiger partial charge is 0.493 e. The number of carbonyl (C=O) groups is 1. The number of benzene rings is 1. The quantitative estimate of drug-likeness (QED) is 0.608. The number of rotatable bonds is 4. The summed E-state index contributed by atoms with van der Waals surface area (Å²) in [7, 11) is 3.20. The average molecular weight is 484 g/mol. The molecule has 0 unspecified atom stereocenters. The Balaban J connectivity index is 1.59. The Morgan fingerprint density at radius 3 is 2.47 bits per heavy atom. The maximum atomic E-state index is 15.9. The van der Waals surface area contributed by atoms with Crippen molar-refractivity contribution in [3.8, 4) is 11.5 Å². The van der Waals surface area contributed by atoms with Crippen molar-refractivity contribution in [1.82, 2.24) is 14.4 Å². The van der Waals surface area contributed by atoms with Crippen LogP contribution in [0.3, 0.4) is 0 Å². The second-order valence-electron chi connectivity index (χ2n) is 9.10. The van der Waals surface area contributed by atoms with Gasteiger partial charge in [-0.15, -0.1) is 0 Å². The average Bonchev–Trinajstić information content (AvgIpc) is 3.22. The lowest BCUT2D eigenvalue weighted by molar-refractivity contribution is -0.145. The van der Waals surface area contributed by atoms with Gasteiger partial charge in [-0.1, -0.05) is 0 Å². The Bertz CT molecular complexity index is 1070. The summed E-state index contributed by atoms with van der Waals surface area (Å²) in [6, 6.07) is 7.21. The third-order valence-electron chi connectivity index (χ3n) is 6.78. The molecule has 186 valence electrons. The Morgan fingerprint density at radius 2 is 1.85 bits per heavy atom. The first-order valence-electron chi connectivity index (χ1n) is 11.3. The van der Waals surface area contributed by atoms with Crippen LogP contribution in [0.15, 0.2) is 30.3 Å². The summed E-state index contributed by atoms with van der Waals surface area (Å²) in [6.07, 6.45) is -5.97. The summed E-state index contributed by atoms with van der Waals surface area (Å²) in [4.78, 5) is 16.4. The van der Waals surface area contributed by atoms with Crippen LogP contribution < -0.4 is 9.47 Å². The number of halogens is 4. The van der Waals surface area contributed by atoms with E-state index < -0.39 is 23.6 Å². The van der Waals surface area contributed by atoms with Gasteiger partial charge >= 0.3 is 6.18 Å². The number of ether oxygens (including phenoxy) is 2. The molecule has 2 aliphatic heterocycles. The molecule has 0 bridgehead atoms. The molecule has 1 saturated heterocycles. The molecule has 0 radical (unpaired) electrons. The molecular formula is C24H29F4N3O3. The van der Waals surface area contributed by atoms with Gasteiger partial charge in [0.2, 0.25) is 0 Å². The molecule has 6 nitrogen and oxygen atoms in total. The highest BCUT2D eigenvalue weighted by Crippen LogP contribution is 2.45. The van der Waals surface area contributed by atoms with Crippen molar-refractivity contribution in [2.45, 2.75) is 50.8 Å². The Labute approximate surface area is 196 Å². The van der Waals surface area contributed by atoms with E-state index in [2.05, 4.69) is 0 Å². The van der Waals surface area contributed by atoms with Crippen LogP contribution in [0.25, 0.3) is 0 Å². The van der Waals surface area contributed by atoms with Crippen molar-refractivity contribution in [3.63, 3.8) is 0 Å². The number of likely N-dealkylation sites (N-methyl/N-ethyl adjacent to an activating group) is 1. The molecule has 0 N–H and O–H groups in total. The van der Waals surface area contributed by atoms with E-state index in [0.29, 0.717) is 22.8 Å². The molecule has 0 aliphatic carbocycles. The molecule has 1 aromatic carbocycles. The number of likely N-dealkylation sites (tertiary alicyclic amines) is 1. The van der Waals surface area contributed by atoms with E-state index in [1.165, 1.54) is 22.6 Å². The predicted octanol–water partition coefficient (Wildman–Crippen LogP) is 4.33. The highest BCUT2D eigenvalue weighted by atomic mass is 19.4. The summed E-state index contributed by atoms with van der Waals surface area (Å²) >= 11 is 0. The van der Waals surface area contributed by atoms with Crippen LogP contribution in [0.4, 0.5) is 17.6 Å². The summed E-state index contributed by atoms with van der Waals surface area (Å²) in [5.41, 5.74) is -1.34. The lowest BCUT2D eigenvalue weighted by atomic mass is 9.79. The highest BCUT2D eigenvalue weighted by Gasteiger charge is 2.53. The maximum absolute atomic E-state index is 15.9. The second-order valence-corrected chi connectivity index (χ2v) is 9.10. The van der Waals surface area contributed by atoms with Gasteiger partial charge in [0.25, 0.3) is 5.91 Å². The number of nitrogens with zero attached hydrogens (tertiary/aromatic N) is 3. The van der Waals surface area contributed by atoms with Gasteiger partial charge in [-0.3, -0.25) is 9.69 Å². The monoisotopic (exact) mass is 483 g/mol. The minimum absolute atomic E-state index is 0.0784. The van der Waals surface area contributed by atoms with Crippen LogP contribution in [0.2, 0.25) is 0 Å². The fourth-order valence-electron chi connectivity index (χ4n) is 5.11. The van der Waals surface area contributed by atoms with E-state index in [-0.39, 0.29) is 44.6 Å². The van der Waals surface area contributed by atoms with Gasteiger partial charge in [-0.25, -0.2) is 4.39 Å². The van der Waals surface area contributed by atoms with Crippen LogP contribution in [0.1, 0.15) is 42.0 Å². The van der Waals surface area contributed by atoms with Crippen molar-refractivity contribution in [2.75, 3.05) is 33.8 Å². The number of amides is 1. The van der Waals surface area contributed by atoms with E-state index in [4.69, 9.17) is 9.47 Å². The number of carbonyl (C=O) groups excluding carboxylic acids is 1. The summed E-state index contributed by atoms with van der Waals surface area (Å²) in [5, 5.41) is 0. The zero-order valence-electron chi connectivity index (χ0n) is 19.7. The molecule has 2 aromatic rings. The first-order valence-corrected chi connectivity index (χ1v) is 11.3. The van der Waals surface area contributed by atoms with Crippen molar-refractivity contribution in [2.24, 2.45) is 0 Å². The maximum Gasteiger partial charge on any atom is 0.431 e. The van der Waals surface area contributed by atoms with E-state index in [9.17, 15) is 18.0 Å². The van der Waals surface area contributed by atoms with Gasteiger partial charge in [-0.2, -0.15) is 13.2 Å². The fourth-order valence-corrected chi connectivity index (χ4v) is 5.11. The van der Waals surface area contributed by atoms with Crippen LogP contribution >= 0.6 is 0 Å². The molecule has 0 saturated carbocycles. The predicted molar refractivity (Wildman–Crippen MR) is 118 cm³/mol. The van der Waals surface area contributed by atoms with Crippen molar-refractivity contribution in [3.05, 3.63) is 47.3 Å². The zero-order chi connectivity index (χ0) is 24.8. The minimum Gasteiger partial charge on any atom is -0.493 e. The lowest BCUT2D eigenvalue weighted by Gasteiger charge is -2.52. The minimum atomic E-state index is -4.51. The van der Waals surface area contributed by atoms with Gasteiger partial charge in [0.15, 0.2) is 11.5 Å². The SMILES string of the molecule is COc1cc(C(=O)N2CC[C@]3(c4ccc(C(F)(F)F)n4CCN3C)[C@H](F)C2)ccc1OC(C)C. The van der Waals surface area contributed by atoms with E-state index in [1.54, 1.807) is 30.1 Å². The number of methoxy groups -OCH3 is 1. The van der Waals surface area contributed by atoms with Crippen molar-refractivity contribution < 1.29 is 31.8 Å². The first-order chi connectivity index (χ1) is 16.0. The molecule has 10 heteroatoms. The molecule has 1 amide bonds. The zero-order valence-corrected chi connectivity index (χ0v) is 19.7. The summed E-state index contributed by atoms with van der Waals surface area (Å²) in [6.45, 7) is 4.16. The number of hydrogen-bond acceptors (Lipinski definition) is 4. The third-order valence-corrected chi connectivity index (χ3v) is 6.78. The normalized spacial score (nSPS) is 23.3. The van der Waals surface area contributed by atoms with E-state index in [0.717, 1.165) is 6.07 Å².